The number of amides is 3. The lowest BCUT2D eigenvalue weighted by Crippen LogP contribution is -2.15. The number of aromatic nitrogens is 1. The van der Waals surface area contributed by atoms with Crippen molar-refractivity contribution in [1.29, 1.82) is 0 Å². The van der Waals surface area contributed by atoms with E-state index in [0.717, 1.165) is 20.8 Å². The predicted octanol–water partition coefficient (Wildman–Crippen LogP) is 4.31. The molecule has 3 aromatic carbocycles. The number of anilines is 2. The molecule has 7 nitrogen and oxygen atoms in total. The molecule has 4 N–H and O–H groups in total. The molecule has 0 saturated heterocycles. The van der Waals surface area contributed by atoms with Crippen molar-refractivity contribution in [1.82, 2.24) is 4.98 Å². The van der Waals surface area contributed by atoms with E-state index in [1.165, 1.54) is 23.1 Å². The average Bonchev–Trinajstić information content (AvgIpc) is 3.25. The Morgan fingerprint density at radius 3 is 2.45 bits per heavy atom. The fourth-order valence-corrected chi connectivity index (χ4v) is 4.82. The first kappa shape index (κ1) is 22.5. The van der Waals surface area contributed by atoms with Crippen molar-refractivity contribution in [3.05, 3.63) is 83.4 Å². The number of hydrogen-bond donors (Lipinski definition) is 3. The Kier molecular flexibility index (Phi) is 7.01. The molecule has 0 bridgehead atoms. The molecule has 0 saturated carbocycles. The highest BCUT2D eigenvalue weighted by Gasteiger charge is 2.11. The SMILES string of the molecule is NC(=O)c1ccc(NC(=O)Cc2csc(SCC(=O)Nc3cccc4ccccc34)n2)cc1. The van der Waals surface area contributed by atoms with Gasteiger partial charge < -0.3 is 16.4 Å². The molecule has 1 heterocycles. The highest BCUT2D eigenvalue weighted by Crippen LogP contribution is 2.25. The lowest BCUT2D eigenvalue weighted by atomic mass is 10.1. The van der Waals surface area contributed by atoms with E-state index < -0.39 is 5.91 Å². The summed E-state index contributed by atoms with van der Waals surface area (Å²) in [6, 6.07) is 20.0. The number of hydrogen-bond acceptors (Lipinski definition) is 6. The first-order chi connectivity index (χ1) is 16.0. The predicted molar refractivity (Wildman–Crippen MR) is 133 cm³/mol. The molecule has 0 aliphatic heterocycles. The summed E-state index contributed by atoms with van der Waals surface area (Å²) in [4.78, 5) is 40.3. The number of primary amides is 1. The largest absolute Gasteiger partial charge is 0.366 e. The Bertz CT molecular complexity index is 1310. The van der Waals surface area contributed by atoms with Gasteiger partial charge in [0.05, 0.1) is 17.9 Å². The van der Waals surface area contributed by atoms with Gasteiger partial charge in [0.1, 0.15) is 0 Å². The minimum absolute atomic E-state index is 0.108. The van der Waals surface area contributed by atoms with Crippen LogP contribution in [0.5, 0.6) is 0 Å². The normalized spacial score (nSPS) is 10.7. The number of nitrogens with one attached hydrogen (secondary N) is 2. The highest BCUT2D eigenvalue weighted by molar-refractivity contribution is 8.01. The van der Waals surface area contributed by atoms with Gasteiger partial charge in [-0.05, 0) is 35.7 Å². The smallest absolute Gasteiger partial charge is 0.248 e. The van der Waals surface area contributed by atoms with Gasteiger partial charge in [0.25, 0.3) is 0 Å². The van der Waals surface area contributed by atoms with Gasteiger partial charge in [-0.3, -0.25) is 14.4 Å². The van der Waals surface area contributed by atoms with Gasteiger partial charge in [-0.25, -0.2) is 4.98 Å². The monoisotopic (exact) mass is 476 g/mol. The van der Waals surface area contributed by atoms with Crippen molar-refractivity contribution >= 4 is 63.0 Å². The number of carbonyl (C=O) groups is 3. The van der Waals surface area contributed by atoms with Crippen LogP contribution in [-0.2, 0) is 16.0 Å². The quantitative estimate of drug-likeness (QED) is 0.328. The Morgan fingerprint density at radius 1 is 0.909 bits per heavy atom. The zero-order valence-corrected chi connectivity index (χ0v) is 19.0. The van der Waals surface area contributed by atoms with Gasteiger partial charge in [-0.2, -0.15) is 0 Å². The number of thioether (sulfide) groups is 1. The number of fused-ring (bicyclic) bond motifs is 1. The summed E-state index contributed by atoms with van der Waals surface area (Å²) in [6.45, 7) is 0. The lowest BCUT2D eigenvalue weighted by Gasteiger charge is -2.08. The van der Waals surface area contributed by atoms with Crippen LogP contribution in [0.3, 0.4) is 0 Å². The minimum atomic E-state index is -0.522. The van der Waals surface area contributed by atoms with Gasteiger partial charge in [0.2, 0.25) is 17.7 Å². The van der Waals surface area contributed by atoms with Gasteiger partial charge in [-0.1, -0.05) is 48.2 Å². The molecule has 3 amide bonds. The summed E-state index contributed by atoms with van der Waals surface area (Å²) in [5.74, 6) is -0.650. The summed E-state index contributed by atoms with van der Waals surface area (Å²) in [5.41, 5.74) is 7.56. The number of carbonyl (C=O) groups excluding carboxylic acids is 3. The third-order valence-electron chi connectivity index (χ3n) is 4.72. The van der Waals surface area contributed by atoms with Gasteiger partial charge in [0, 0.05) is 27.7 Å². The van der Waals surface area contributed by atoms with Crippen molar-refractivity contribution in [3.63, 3.8) is 0 Å². The Hall–Kier alpha value is -3.69. The van der Waals surface area contributed by atoms with Crippen molar-refractivity contribution in [2.24, 2.45) is 5.73 Å². The molecule has 33 heavy (non-hydrogen) atoms. The number of nitrogens with two attached hydrogens (primary N) is 1. The van der Waals surface area contributed by atoms with E-state index in [9.17, 15) is 14.4 Å². The van der Waals surface area contributed by atoms with E-state index >= 15 is 0 Å². The number of benzene rings is 3. The van der Waals surface area contributed by atoms with Crippen LogP contribution in [0, 0.1) is 0 Å². The molecular formula is C24H20N4O3S2. The molecule has 0 aliphatic rings. The second-order valence-electron chi connectivity index (χ2n) is 7.13. The summed E-state index contributed by atoms with van der Waals surface area (Å²) in [7, 11) is 0. The maximum atomic E-state index is 12.4. The van der Waals surface area contributed by atoms with Crippen LogP contribution >= 0.6 is 23.1 Å². The fraction of sp³-hybridized carbons (Fsp3) is 0.0833. The van der Waals surface area contributed by atoms with Crippen molar-refractivity contribution in [2.45, 2.75) is 10.8 Å². The molecule has 0 fully saturated rings. The van der Waals surface area contributed by atoms with Crippen LogP contribution in [0.15, 0.2) is 76.4 Å². The number of thiazole rings is 1. The molecule has 0 aliphatic carbocycles. The minimum Gasteiger partial charge on any atom is -0.366 e. The Morgan fingerprint density at radius 2 is 1.67 bits per heavy atom. The zero-order valence-electron chi connectivity index (χ0n) is 17.4. The summed E-state index contributed by atoms with van der Waals surface area (Å²) >= 11 is 2.72. The van der Waals surface area contributed by atoms with E-state index in [0.29, 0.717) is 16.9 Å². The molecule has 0 spiro atoms. The summed E-state index contributed by atoms with van der Waals surface area (Å²) < 4.78 is 0.719. The second kappa shape index (κ2) is 10.3. The zero-order chi connectivity index (χ0) is 23.2. The molecule has 4 rings (SSSR count). The van der Waals surface area contributed by atoms with E-state index in [-0.39, 0.29) is 24.0 Å². The van der Waals surface area contributed by atoms with Gasteiger partial charge in [0.15, 0.2) is 4.34 Å². The average molecular weight is 477 g/mol. The van der Waals surface area contributed by atoms with Gasteiger partial charge >= 0.3 is 0 Å². The van der Waals surface area contributed by atoms with Crippen LogP contribution in [0.2, 0.25) is 0 Å². The maximum Gasteiger partial charge on any atom is 0.248 e. The Labute approximate surface area is 198 Å². The van der Waals surface area contributed by atoms with E-state index in [4.69, 9.17) is 5.73 Å². The highest BCUT2D eigenvalue weighted by atomic mass is 32.2. The molecule has 0 radical (unpaired) electrons. The molecule has 0 atom stereocenters. The topological polar surface area (TPSA) is 114 Å². The van der Waals surface area contributed by atoms with Crippen LogP contribution in [0.25, 0.3) is 10.8 Å². The first-order valence-electron chi connectivity index (χ1n) is 10.0. The van der Waals surface area contributed by atoms with Crippen molar-refractivity contribution in [2.75, 3.05) is 16.4 Å². The van der Waals surface area contributed by atoms with Crippen LogP contribution < -0.4 is 16.4 Å². The number of nitrogens with zero attached hydrogens (tertiary/aromatic N) is 1. The lowest BCUT2D eigenvalue weighted by molar-refractivity contribution is -0.116. The third kappa shape index (κ3) is 5.97. The van der Waals surface area contributed by atoms with Crippen molar-refractivity contribution in [3.8, 4) is 0 Å². The summed E-state index contributed by atoms with van der Waals surface area (Å²) in [6.07, 6.45) is 0.108. The third-order valence-corrected chi connectivity index (χ3v) is 6.79. The van der Waals surface area contributed by atoms with E-state index in [1.54, 1.807) is 29.6 Å². The van der Waals surface area contributed by atoms with Crippen LogP contribution in [-0.4, -0.2) is 28.5 Å². The van der Waals surface area contributed by atoms with Gasteiger partial charge in [-0.15, -0.1) is 11.3 Å². The molecule has 1 aromatic heterocycles. The fourth-order valence-electron chi connectivity index (χ4n) is 3.17. The molecule has 0 unspecified atom stereocenters. The second-order valence-corrected chi connectivity index (χ2v) is 9.22. The van der Waals surface area contributed by atoms with Crippen molar-refractivity contribution < 1.29 is 14.4 Å². The maximum absolute atomic E-state index is 12.4. The first-order valence-corrected chi connectivity index (χ1v) is 11.9. The molecule has 166 valence electrons. The Balaban J connectivity index is 1.28. The number of rotatable bonds is 8. The molecular weight excluding hydrogens is 456 g/mol. The van der Waals surface area contributed by atoms with Crippen LogP contribution in [0.1, 0.15) is 16.1 Å². The van der Waals surface area contributed by atoms with Crippen LogP contribution in [0.4, 0.5) is 11.4 Å². The summed E-state index contributed by atoms with van der Waals surface area (Å²) in [5, 5.41) is 9.58. The van der Waals surface area contributed by atoms with E-state index in [2.05, 4.69) is 15.6 Å². The molecule has 4 aromatic rings. The van der Waals surface area contributed by atoms with E-state index in [1.807, 2.05) is 42.5 Å². The standard InChI is InChI=1S/C24H20N4O3S2/c25-23(31)16-8-10-17(11-9-16)26-21(29)12-18-13-32-24(27-18)33-14-22(30)28-20-7-3-5-15-4-1-2-6-19(15)20/h1-11,13H,12,14H2,(H2,25,31)(H,26,29)(H,28,30). The molecule has 9 heteroatoms.